The van der Waals surface area contributed by atoms with Crippen LogP contribution in [0.5, 0.6) is 0 Å². The molecule has 2 aromatic rings. The molecule has 0 saturated heterocycles. The molecular formula is C17H15Cl2NO3. The lowest BCUT2D eigenvalue weighted by molar-refractivity contribution is -0.123. The van der Waals surface area contributed by atoms with Crippen LogP contribution in [-0.2, 0) is 9.53 Å². The van der Waals surface area contributed by atoms with Crippen molar-refractivity contribution in [3.8, 4) is 0 Å². The molecule has 0 aliphatic carbocycles. The molecule has 23 heavy (non-hydrogen) atoms. The molecule has 0 heterocycles. The topological polar surface area (TPSA) is 55.4 Å². The average molecular weight is 352 g/mol. The number of carbonyl (C=O) groups excluding carboxylic acids is 2. The van der Waals surface area contributed by atoms with Crippen molar-refractivity contribution in [2.24, 2.45) is 0 Å². The second-order valence-electron chi connectivity index (χ2n) is 5.00. The summed E-state index contributed by atoms with van der Waals surface area (Å²) in [5.41, 5.74) is 1.77. The van der Waals surface area contributed by atoms with Crippen molar-refractivity contribution in [1.82, 2.24) is 0 Å². The lowest BCUT2D eigenvalue weighted by Gasteiger charge is -2.15. The van der Waals surface area contributed by atoms with Crippen LogP contribution >= 0.6 is 23.2 Å². The van der Waals surface area contributed by atoms with E-state index in [-0.39, 0.29) is 0 Å². The highest BCUT2D eigenvalue weighted by atomic mass is 35.5. The summed E-state index contributed by atoms with van der Waals surface area (Å²) in [6, 6.07) is 11.4. The van der Waals surface area contributed by atoms with Gasteiger partial charge >= 0.3 is 5.97 Å². The van der Waals surface area contributed by atoms with Crippen molar-refractivity contribution < 1.29 is 14.3 Å². The smallest absolute Gasteiger partial charge is 0.338 e. The fourth-order valence-electron chi connectivity index (χ4n) is 1.83. The van der Waals surface area contributed by atoms with Crippen LogP contribution in [0.1, 0.15) is 22.8 Å². The van der Waals surface area contributed by atoms with Crippen molar-refractivity contribution in [2.75, 3.05) is 5.32 Å². The first kappa shape index (κ1) is 17.3. The summed E-state index contributed by atoms with van der Waals surface area (Å²) in [7, 11) is 0. The summed E-state index contributed by atoms with van der Waals surface area (Å²) in [5.74, 6) is -1.02. The van der Waals surface area contributed by atoms with E-state index in [0.717, 1.165) is 5.56 Å². The molecule has 0 spiro atoms. The summed E-state index contributed by atoms with van der Waals surface area (Å²) >= 11 is 11.7. The molecule has 0 saturated carbocycles. The number of ether oxygens (including phenoxy) is 1. The molecule has 2 rings (SSSR count). The Hall–Kier alpha value is -2.04. The maximum absolute atomic E-state index is 12.1. The van der Waals surface area contributed by atoms with Gasteiger partial charge in [-0.1, -0.05) is 29.3 Å². The van der Waals surface area contributed by atoms with Crippen LogP contribution in [0.25, 0.3) is 0 Å². The Morgan fingerprint density at radius 2 is 1.65 bits per heavy atom. The molecule has 0 bridgehead atoms. The van der Waals surface area contributed by atoms with Gasteiger partial charge < -0.3 is 10.1 Å². The van der Waals surface area contributed by atoms with E-state index in [9.17, 15) is 9.59 Å². The number of benzene rings is 2. The summed E-state index contributed by atoms with van der Waals surface area (Å²) < 4.78 is 5.15. The van der Waals surface area contributed by atoms with Crippen LogP contribution in [0.4, 0.5) is 5.69 Å². The van der Waals surface area contributed by atoms with E-state index in [1.165, 1.54) is 19.1 Å². The second-order valence-corrected chi connectivity index (χ2v) is 5.88. The van der Waals surface area contributed by atoms with Gasteiger partial charge in [0.2, 0.25) is 0 Å². The molecular weight excluding hydrogens is 337 g/mol. The fraction of sp³-hybridized carbons (Fsp3) is 0.176. The quantitative estimate of drug-likeness (QED) is 0.825. The van der Waals surface area contributed by atoms with Crippen LogP contribution in [0.2, 0.25) is 10.0 Å². The number of aryl methyl sites for hydroxylation is 1. The van der Waals surface area contributed by atoms with Crippen molar-refractivity contribution >= 4 is 40.8 Å². The standard InChI is InChI=1S/C17H15Cl2NO3/c1-10-3-6-14(19)9-15(10)20-16(21)11(2)23-17(22)12-4-7-13(18)8-5-12/h3-9,11H,1-2H3,(H,20,21)/t11-/m1/s1. The Labute approximate surface area is 144 Å². The summed E-state index contributed by atoms with van der Waals surface area (Å²) in [5, 5.41) is 3.72. The maximum atomic E-state index is 12.1. The highest BCUT2D eigenvalue weighted by molar-refractivity contribution is 6.31. The number of nitrogens with one attached hydrogen (secondary N) is 1. The Bertz CT molecular complexity index is 729. The zero-order chi connectivity index (χ0) is 17.0. The number of carbonyl (C=O) groups is 2. The van der Waals surface area contributed by atoms with Gasteiger partial charge in [0.1, 0.15) is 0 Å². The van der Waals surface area contributed by atoms with Crippen LogP contribution in [0.15, 0.2) is 42.5 Å². The van der Waals surface area contributed by atoms with Crippen molar-refractivity contribution in [3.63, 3.8) is 0 Å². The van der Waals surface area contributed by atoms with Gasteiger partial charge in [0.25, 0.3) is 5.91 Å². The first-order chi connectivity index (χ1) is 10.9. The van der Waals surface area contributed by atoms with Crippen molar-refractivity contribution in [2.45, 2.75) is 20.0 Å². The average Bonchev–Trinajstić information content (AvgIpc) is 2.51. The number of anilines is 1. The molecule has 1 amide bonds. The van der Waals surface area contributed by atoms with Gasteiger partial charge in [0.05, 0.1) is 5.56 Å². The molecule has 0 unspecified atom stereocenters. The first-order valence-corrected chi connectivity index (χ1v) is 7.66. The minimum Gasteiger partial charge on any atom is -0.449 e. The zero-order valence-corrected chi connectivity index (χ0v) is 14.1. The van der Waals surface area contributed by atoms with Gasteiger partial charge in [-0.2, -0.15) is 0 Å². The van der Waals surface area contributed by atoms with Gasteiger partial charge in [-0.25, -0.2) is 4.79 Å². The van der Waals surface area contributed by atoms with E-state index in [2.05, 4.69) is 5.32 Å². The lowest BCUT2D eigenvalue weighted by Crippen LogP contribution is -2.30. The second kappa shape index (κ2) is 7.49. The highest BCUT2D eigenvalue weighted by Crippen LogP contribution is 2.20. The third kappa shape index (κ3) is 4.71. The van der Waals surface area contributed by atoms with Gasteiger partial charge in [0.15, 0.2) is 6.10 Å². The molecule has 1 N–H and O–H groups in total. The maximum Gasteiger partial charge on any atom is 0.338 e. The van der Waals surface area contributed by atoms with Gasteiger partial charge in [-0.05, 0) is 55.8 Å². The summed E-state index contributed by atoms with van der Waals surface area (Å²) in [6.07, 6.45) is -0.948. The van der Waals surface area contributed by atoms with Crippen LogP contribution in [0.3, 0.4) is 0 Å². The van der Waals surface area contributed by atoms with E-state index in [1.807, 2.05) is 6.92 Å². The molecule has 0 radical (unpaired) electrons. The normalized spacial score (nSPS) is 11.7. The lowest BCUT2D eigenvalue weighted by atomic mass is 10.2. The molecule has 6 heteroatoms. The monoisotopic (exact) mass is 351 g/mol. The zero-order valence-electron chi connectivity index (χ0n) is 12.6. The SMILES string of the molecule is Cc1ccc(Cl)cc1NC(=O)[C@@H](C)OC(=O)c1ccc(Cl)cc1. The number of amides is 1. The van der Waals surface area contributed by atoms with Crippen LogP contribution in [-0.4, -0.2) is 18.0 Å². The third-order valence-electron chi connectivity index (χ3n) is 3.19. The number of rotatable bonds is 4. The van der Waals surface area contributed by atoms with E-state index in [0.29, 0.717) is 21.3 Å². The molecule has 2 aromatic carbocycles. The minimum atomic E-state index is -0.948. The van der Waals surface area contributed by atoms with E-state index < -0.39 is 18.0 Å². The predicted molar refractivity (Wildman–Crippen MR) is 91.1 cm³/mol. The van der Waals surface area contributed by atoms with E-state index in [4.69, 9.17) is 27.9 Å². The molecule has 0 aromatic heterocycles. The van der Waals surface area contributed by atoms with E-state index >= 15 is 0 Å². The van der Waals surface area contributed by atoms with Crippen molar-refractivity contribution in [1.29, 1.82) is 0 Å². The number of halogens is 2. The van der Waals surface area contributed by atoms with Gasteiger partial charge in [0, 0.05) is 15.7 Å². The Morgan fingerprint density at radius 1 is 1.04 bits per heavy atom. The number of hydrogen-bond acceptors (Lipinski definition) is 3. The largest absolute Gasteiger partial charge is 0.449 e. The van der Waals surface area contributed by atoms with Gasteiger partial charge in [-0.15, -0.1) is 0 Å². The first-order valence-electron chi connectivity index (χ1n) is 6.90. The summed E-state index contributed by atoms with van der Waals surface area (Å²) in [4.78, 5) is 24.1. The highest BCUT2D eigenvalue weighted by Gasteiger charge is 2.19. The Balaban J connectivity index is 2.01. The van der Waals surface area contributed by atoms with Crippen LogP contribution in [0, 0.1) is 6.92 Å². The molecule has 0 aliphatic heterocycles. The molecule has 0 aliphatic rings. The Morgan fingerprint density at radius 3 is 2.30 bits per heavy atom. The summed E-state index contributed by atoms with van der Waals surface area (Å²) in [6.45, 7) is 3.35. The van der Waals surface area contributed by atoms with E-state index in [1.54, 1.807) is 30.3 Å². The Kier molecular flexibility index (Phi) is 5.64. The predicted octanol–water partition coefficient (Wildman–Crippen LogP) is 4.49. The third-order valence-corrected chi connectivity index (χ3v) is 3.68. The van der Waals surface area contributed by atoms with Gasteiger partial charge in [-0.3, -0.25) is 4.79 Å². The molecule has 0 fully saturated rings. The van der Waals surface area contributed by atoms with Crippen LogP contribution < -0.4 is 5.32 Å². The molecule has 1 atom stereocenters. The minimum absolute atomic E-state index is 0.327. The van der Waals surface area contributed by atoms with Crippen molar-refractivity contribution in [3.05, 3.63) is 63.6 Å². The molecule has 120 valence electrons. The molecule has 4 nitrogen and oxygen atoms in total. The number of hydrogen-bond donors (Lipinski definition) is 1. The number of esters is 1. The fourth-order valence-corrected chi connectivity index (χ4v) is 2.13.